The van der Waals surface area contributed by atoms with Gasteiger partial charge in [-0.25, -0.2) is 0 Å². The lowest BCUT2D eigenvalue weighted by Crippen LogP contribution is -2.30. The van der Waals surface area contributed by atoms with E-state index in [9.17, 15) is 4.79 Å². The fourth-order valence-electron chi connectivity index (χ4n) is 1.75. The van der Waals surface area contributed by atoms with Gasteiger partial charge in [-0.15, -0.1) is 0 Å². The minimum absolute atomic E-state index is 0.192. The largest absolute Gasteiger partial charge is 0.468 e. The molecule has 0 aliphatic heterocycles. The number of carbonyl (C=O) groups excluding carboxylic acids is 1. The average molecular weight is 310 g/mol. The summed E-state index contributed by atoms with van der Waals surface area (Å²) in [6.07, 6.45) is 0. The summed E-state index contributed by atoms with van der Waals surface area (Å²) in [4.78, 5) is 17.5. The standard InChI is InChI=1S/C14H16ClN3O3/c1-3-18(9-13(19)20-2)8-12-16-14(21-17-12)10-4-6-11(15)7-5-10/h4-7H,3,8-9H2,1-2H3. The molecule has 112 valence electrons. The molecule has 0 N–H and O–H groups in total. The van der Waals surface area contributed by atoms with Crippen LogP contribution in [-0.4, -0.2) is 41.2 Å². The van der Waals surface area contributed by atoms with Crippen molar-refractivity contribution in [3.05, 3.63) is 35.1 Å². The van der Waals surface area contributed by atoms with E-state index in [1.807, 2.05) is 24.0 Å². The summed E-state index contributed by atoms with van der Waals surface area (Å²) >= 11 is 5.84. The molecule has 0 saturated carbocycles. The lowest BCUT2D eigenvalue weighted by atomic mass is 10.2. The zero-order valence-corrected chi connectivity index (χ0v) is 12.6. The Hall–Kier alpha value is -1.92. The Morgan fingerprint density at radius 2 is 2.10 bits per heavy atom. The van der Waals surface area contributed by atoms with Crippen molar-refractivity contribution in [2.45, 2.75) is 13.5 Å². The first kappa shape index (κ1) is 15.5. The van der Waals surface area contributed by atoms with E-state index in [-0.39, 0.29) is 12.5 Å². The van der Waals surface area contributed by atoms with Crippen molar-refractivity contribution in [1.82, 2.24) is 15.0 Å². The number of nitrogens with zero attached hydrogens (tertiary/aromatic N) is 3. The fourth-order valence-corrected chi connectivity index (χ4v) is 1.88. The Morgan fingerprint density at radius 3 is 2.71 bits per heavy atom. The summed E-state index contributed by atoms with van der Waals surface area (Å²) in [5.74, 6) is 0.653. The first-order chi connectivity index (χ1) is 10.1. The van der Waals surface area contributed by atoms with Crippen LogP contribution in [0.2, 0.25) is 5.02 Å². The number of esters is 1. The Morgan fingerprint density at radius 1 is 1.38 bits per heavy atom. The topological polar surface area (TPSA) is 68.5 Å². The summed E-state index contributed by atoms with van der Waals surface area (Å²) < 4.78 is 9.87. The van der Waals surface area contributed by atoms with Crippen LogP contribution in [0.25, 0.3) is 11.5 Å². The van der Waals surface area contributed by atoms with E-state index in [0.29, 0.717) is 29.8 Å². The van der Waals surface area contributed by atoms with Crippen molar-refractivity contribution in [2.24, 2.45) is 0 Å². The number of benzene rings is 1. The highest BCUT2D eigenvalue weighted by atomic mass is 35.5. The quantitative estimate of drug-likeness (QED) is 0.763. The van der Waals surface area contributed by atoms with Crippen LogP contribution in [-0.2, 0) is 16.1 Å². The number of halogens is 1. The van der Waals surface area contributed by atoms with E-state index in [0.717, 1.165) is 5.56 Å². The Kier molecular flexibility index (Phi) is 5.30. The second-order valence-electron chi connectivity index (χ2n) is 4.40. The number of carbonyl (C=O) groups is 1. The van der Waals surface area contributed by atoms with Gasteiger partial charge in [-0.2, -0.15) is 4.98 Å². The number of methoxy groups -OCH3 is 1. The molecule has 0 unspecified atom stereocenters. The Labute approximate surface area is 127 Å². The number of rotatable bonds is 6. The van der Waals surface area contributed by atoms with E-state index in [1.54, 1.807) is 12.1 Å². The minimum Gasteiger partial charge on any atom is -0.468 e. The summed E-state index contributed by atoms with van der Waals surface area (Å²) in [7, 11) is 1.36. The molecule has 0 aliphatic rings. The van der Waals surface area contributed by atoms with Crippen molar-refractivity contribution in [2.75, 3.05) is 20.2 Å². The van der Waals surface area contributed by atoms with E-state index in [2.05, 4.69) is 14.9 Å². The zero-order valence-electron chi connectivity index (χ0n) is 11.9. The Bertz CT molecular complexity index is 598. The highest BCUT2D eigenvalue weighted by molar-refractivity contribution is 6.30. The van der Waals surface area contributed by atoms with Gasteiger partial charge in [-0.1, -0.05) is 23.7 Å². The molecule has 7 heteroatoms. The van der Waals surface area contributed by atoms with Gasteiger partial charge >= 0.3 is 5.97 Å². The van der Waals surface area contributed by atoms with Crippen LogP contribution < -0.4 is 0 Å². The minimum atomic E-state index is -0.293. The van der Waals surface area contributed by atoms with Crippen molar-refractivity contribution in [3.63, 3.8) is 0 Å². The molecule has 0 bridgehead atoms. The molecule has 0 saturated heterocycles. The predicted octanol–water partition coefficient (Wildman–Crippen LogP) is 2.38. The van der Waals surface area contributed by atoms with E-state index in [1.165, 1.54) is 7.11 Å². The maximum absolute atomic E-state index is 11.3. The summed E-state index contributed by atoms with van der Waals surface area (Å²) in [6, 6.07) is 7.14. The number of ether oxygens (including phenoxy) is 1. The molecule has 0 spiro atoms. The molecule has 21 heavy (non-hydrogen) atoms. The van der Waals surface area contributed by atoms with Gasteiger partial charge in [0.05, 0.1) is 20.2 Å². The highest BCUT2D eigenvalue weighted by Crippen LogP contribution is 2.19. The maximum Gasteiger partial charge on any atom is 0.319 e. The third-order valence-corrected chi connectivity index (χ3v) is 3.20. The fraction of sp³-hybridized carbons (Fsp3) is 0.357. The molecule has 0 amide bonds. The molecule has 1 aromatic carbocycles. The Balaban J connectivity index is 2.05. The third kappa shape index (κ3) is 4.27. The van der Waals surface area contributed by atoms with Crippen LogP contribution in [0.1, 0.15) is 12.7 Å². The molecule has 0 fully saturated rings. The van der Waals surface area contributed by atoms with Gasteiger partial charge in [0.1, 0.15) is 0 Å². The van der Waals surface area contributed by atoms with Crippen molar-refractivity contribution >= 4 is 17.6 Å². The third-order valence-electron chi connectivity index (χ3n) is 2.95. The van der Waals surface area contributed by atoms with Gasteiger partial charge in [-0.3, -0.25) is 9.69 Å². The predicted molar refractivity (Wildman–Crippen MR) is 77.7 cm³/mol. The van der Waals surface area contributed by atoms with Crippen LogP contribution in [0.5, 0.6) is 0 Å². The van der Waals surface area contributed by atoms with E-state index < -0.39 is 0 Å². The lowest BCUT2D eigenvalue weighted by Gasteiger charge is -2.16. The molecule has 2 rings (SSSR count). The molecular weight excluding hydrogens is 294 g/mol. The smallest absolute Gasteiger partial charge is 0.319 e. The van der Waals surface area contributed by atoms with Gasteiger partial charge in [-0.05, 0) is 30.8 Å². The summed E-state index contributed by atoms with van der Waals surface area (Å²) in [6.45, 7) is 3.24. The molecular formula is C14H16ClN3O3. The van der Waals surface area contributed by atoms with Crippen molar-refractivity contribution in [1.29, 1.82) is 0 Å². The summed E-state index contributed by atoms with van der Waals surface area (Å²) in [5.41, 5.74) is 0.800. The van der Waals surface area contributed by atoms with Gasteiger partial charge in [0.25, 0.3) is 5.89 Å². The van der Waals surface area contributed by atoms with Crippen molar-refractivity contribution < 1.29 is 14.1 Å². The molecule has 0 aliphatic carbocycles. The van der Waals surface area contributed by atoms with Crippen LogP contribution in [0.15, 0.2) is 28.8 Å². The van der Waals surface area contributed by atoms with Crippen LogP contribution in [0.3, 0.4) is 0 Å². The number of likely N-dealkylation sites (N-methyl/N-ethyl adjacent to an activating group) is 1. The number of hydrogen-bond donors (Lipinski definition) is 0. The second kappa shape index (κ2) is 7.19. The molecule has 2 aromatic rings. The van der Waals surface area contributed by atoms with E-state index >= 15 is 0 Å². The van der Waals surface area contributed by atoms with Crippen LogP contribution in [0, 0.1) is 0 Å². The zero-order chi connectivity index (χ0) is 15.2. The SMILES string of the molecule is CCN(CC(=O)OC)Cc1noc(-c2ccc(Cl)cc2)n1. The molecule has 1 heterocycles. The normalized spacial score (nSPS) is 10.9. The van der Waals surface area contributed by atoms with Gasteiger partial charge in [0.2, 0.25) is 0 Å². The number of aromatic nitrogens is 2. The first-order valence-electron chi connectivity index (χ1n) is 6.50. The number of hydrogen-bond acceptors (Lipinski definition) is 6. The van der Waals surface area contributed by atoms with Gasteiger partial charge in [0.15, 0.2) is 5.82 Å². The molecule has 6 nitrogen and oxygen atoms in total. The average Bonchev–Trinajstić information content (AvgIpc) is 2.95. The highest BCUT2D eigenvalue weighted by Gasteiger charge is 2.14. The molecule has 0 atom stereocenters. The van der Waals surface area contributed by atoms with Crippen molar-refractivity contribution in [3.8, 4) is 11.5 Å². The van der Waals surface area contributed by atoms with Crippen LogP contribution in [0.4, 0.5) is 0 Å². The van der Waals surface area contributed by atoms with Gasteiger partial charge < -0.3 is 9.26 Å². The maximum atomic E-state index is 11.3. The second-order valence-corrected chi connectivity index (χ2v) is 4.84. The molecule has 0 radical (unpaired) electrons. The van der Waals surface area contributed by atoms with Gasteiger partial charge in [0, 0.05) is 10.6 Å². The first-order valence-corrected chi connectivity index (χ1v) is 6.88. The molecule has 1 aromatic heterocycles. The van der Waals surface area contributed by atoms with E-state index in [4.69, 9.17) is 16.1 Å². The van der Waals surface area contributed by atoms with Crippen LogP contribution >= 0.6 is 11.6 Å². The summed E-state index contributed by atoms with van der Waals surface area (Å²) in [5, 5.41) is 4.57. The lowest BCUT2D eigenvalue weighted by molar-refractivity contribution is -0.142. The monoisotopic (exact) mass is 309 g/mol.